The van der Waals surface area contributed by atoms with Gasteiger partial charge in [0.05, 0.1) is 19.8 Å². The molecular formula is C20H23N3O4S. The number of rotatable bonds is 4. The second kappa shape index (κ2) is 7.20. The Balaban J connectivity index is 1.60. The second-order valence-corrected chi connectivity index (χ2v) is 8.82. The van der Waals surface area contributed by atoms with Crippen LogP contribution in [0.2, 0.25) is 0 Å². The molecular weight excluding hydrogens is 378 g/mol. The molecule has 8 heteroatoms. The first-order valence-corrected chi connectivity index (χ1v) is 10.5. The number of methoxy groups -OCH3 is 1. The molecule has 0 unspecified atom stereocenters. The molecule has 1 aromatic heterocycles. The lowest BCUT2D eigenvalue weighted by Crippen LogP contribution is -2.42. The minimum absolute atomic E-state index is 0.0822. The molecule has 0 bridgehead atoms. The van der Waals surface area contributed by atoms with Gasteiger partial charge in [-0.25, -0.2) is 13.4 Å². The molecule has 0 spiro atoms. The second-order valence-electron chi connectivity index (χ2n) is 6.93. The fourth-order valence-electron chi connectivity index (χ4n) is 3.40. The van der Waals surface area contributed by atoms with Crippen molar-refractivity contribution in [3.8, 4) is 5.75 Å². The molecule has 2 heterocycles. The molecule has 0 aliphatic carbocycles. The van der Waals surface area contributed by atoms with Crippen molar-refractivity contribution in [2.75, 3.05) is 26.8 Å². The molecule has 2 aromatic carbocycles. The van der Waals surface area contributed by atoms with E-state index in [1.807, 2.05) is 36.4 Å². The van der Waals surface area contributed by atoms with Gasteiger partial charge in [-0.05, 0) is 41.5 Å². The van der Waals surface area contributed by atoms with Crippen molar-refractivity contribution in [3.05, 3.63) is 54.0 Å². The van der Waals surface area contributed by atoms with E-state index in [4.69, 9.17) is 9.47 Å². The minimum atomic E-state index is -3.65. The Labute approximate surface area is 164 Å². The average Bonchev–Trinajstić information content (AvgIpc) is 3.06. The number of aromatic nitrogens is 2. The number of imidazole rings is 1. The Kier molecular flexibility index (Phi) is 4.86. The van der Waals surface area contributed by atoms with Gasteiger partial charge in [-0.2, -0.15) is 4.31 Å². The summed E-state index contributed by atoms with van der Waals surface area (Å²) in [6.07, 6.45) is 1.23. The zero-order valence-corrected chi connectivity index (χ0v) is 16.9. The van der Waals surface area contributed by atoms with Crippen LogP contribution < -0.4 is 4.74 Å². The number of ether oxygens (including phenoxy) is 2. The first kappa shape index (κ1) is 18.9. The molecule has 3 aromatic rings. The molecule has 0 radical (unpaired) electrons. The van der Waals surface area contributed by atoms with Crippen molar-refractivity contribution in [2.24, 2.45) is 7.05 Å². The van der Waals surface area contributed by atoms with E-state index in [0.29, 0.717) is 19.0 Å². The summed E-state index contributed by atoms with van der Waals surface area (Å²) in [4.78, 5) is 4.19. The van der Waals surface area contributed by atoms with Crippen LogP contribution in [0.3, 0.4) is 0 Å². The van der Waals surface area contributed by atoms with Crippen molar-refractivity contribution < 1.29 is 17.9 Å². The van der Waals surface area contributed by atoms with E-state index in [1.165, 1.54) is 4.31 Å². The topological polar surface area (TPSA) is 73.7 Å². The van der Waals surface area contributed by atoms with Gasteiger partial charge in [-0.15, -0.1) is 0 Å². The summed E-state index contributed by atoms with van der Waals surface area (Å²) in [5.74, 6) is 1.46. The number of aryl methyl sites for hydroxylation is 2. The maximum atomic E-state index is 13.0. The predicted molar refractivity (Wildman–Crippen MR) is 106 cm³/mol. The average molecular weight is 401 g/mol. The maximum Gasteiger partial charge on any atom is 0.262 e. The molecule has 4 rings (SSSR count). The van der Waals surface area contributed by atoms with Gasteiger partial charge in [0.2, 0.25) is 0 Å². The first-order chi connectivity index (χ1) is 13.4. The standard InChI is InChI=1S/C20H23N3O4S/c1-14-21-20(13-22(14)2)28(24,25)23-8-9-27-19(12-23)17-5-4-16-11-18(26-3)7-6-15(16)10-17/h4-7,10-11,13,19H,8-9,12H2,1-3H3/t19-/m0/s1. The van der Waals surface area contributed by atoms with E-state index in [-0.39, 0.29) is 17.7 Å². The zero-order chi connectivity index (χ0) is 19.9. The van der Waals surface area contributed by atoms with Crippen LogP contribution in [0.5, 0.6) is 5.75 Å². The maximum absolute atomic E-state index is 13.0. The molecule has 7 nitrogen and oxygen atoms in total. The van der Waals surface area contributed by atoms with Gasteiger partial charge in [0.25, 0.3) is 10.0 Å². The third-order valence-electron chi connectivity index (χ3n) is 5.16. The number of hydrogen-bond acceptors (Lipinski definition) is 5. The number of hydrogen-bond donors (Lipinski definition) is 0. The number of nitrogens with zero attached hydrogens (tertiary/aromatic N) is 3. The third kappa shape index (κ3) is 3.39. The van der Waals surface area contributed by atoms with Crippen LogP contribution in [-0.2, 0) is 21.8 Å². The van der Waals surface area contributed by atoms with Gasteiger partial charge < -0.3 is 14.0 Å². The quantitative estimate of drug-likeness (QED) is 0.672. The molecule has 0 N–H and O–H groups in total. The van der Waals surface area contributed by atoms with Crippen molar-refractivity contribution >= 4 is 20.8 Å². The monoisotopic (exact) mass is 401 g/mol. The Morgan fingerprint density at radius 1 is 1.18 bits per heavy atom. The highest BCUT2D eigenvalue weighted by Crippen LogP contribution is 2.29. The Bertz CT molecular complexity index is 1100. The largest absolute Gasteiger partial charge is 0.497 e. The summed E-state index contributed by atoms with van der Waals surface area (Å²) >= 11 is 0. The van der Waals surface area contributed by atoms with Crippen LogP contribution >= 0.6 is 0 Å². The molecule has 1 fully saturated rings. The van der Waals surface area contributed by atoms with E-state index in [2.05, 4.69) is 4.98 Å². The van der Waals surface area contributed by atoms with Crippen molar-refractivity contribution in [3.63, 3.8) is 0 Å². The predicted octanol–water partition coefficient (Wildman–Crippen LogP) is 2.65. The lowest BCUT2D eigenvalue weighted by Gasteiger charge is -2.32. The zero-order valence-electron chi connectivity index (χ0n) is 16.1. The molecule has 0 saturated carbocycles. The number of fused-ring (bicyclic) bond motifs is 1. The van der Waals surface area contributed by atoms with Crippen LogP contribution in [0.1, 0.15) is 17.5 Å². The van der Waals surface area contributed by atoms with Crippen LogP contribution in [0.4, 0.5) is 0 Å². The summed E-state index contributed by atoms with van der Waals surface area (Å²) in [6.45, 7) is 2.71. The minimum Gasteiger partial charge on any atom is -0.497 e. The number of sulfonamides is 1. The van der Waals surface area contributed by atoms with Gasteiger partial charge >= 0.3 is 0 Å². The van der Waals surface area contributed by atoms with Gasteiger partial charge in [-0.1, -0.05) is 18.2 Å². The summed E-state index contributed by atoms with van der Waals surface area (Å²) in [7, 11) is -0.224. The number of morpholine rings is 1. The fraction of sp³-hybridized carbons (Fsp3) is 0.350. The molecule has 148 valence electrons. The van der Waals surface area contributed by atoms with Crippen LogP contribution in [0, 0.1) is 6.92 Å². The van der Waals surface area contributed by atoms with Crippen LogP contribution in [0.25, 0.3) is 10.8 Å². The molecule has 1 aliphatic heterocycles. The highest BCUT2D eigenvalue weighted by Gasteiger charge is 2.33. The van der Waals surface area contributed by atoms with Gasteiger partial charge in [0.1, 0.15) is 11.6 Å². The van der Waals surface area contributed by atoms with Gasteiger partial charge in [-0.3, -0.25) is 0 Å². The van der Waals surface area contributed by atoms with E-state index in [9.17, 15) is 8.42 Å². The van der Waals surface area contributed by atoms with E-state index in [1.54, 1.807) is 31.8 Å². The molecule has 28 heavy (non-hydrogen) atoms. The number of benzene rings is 2. The molecule has 1 atom stereocenters. The Morgan fingerprint density at radius 2 is 1.93 bits per heavy atom. The van der Waals surface area contributed by atoms with Crippen molar-refractivity contribution in [1.29, 1.82) is 0 Å². The highest BCUT2D eigenvalue weighted by molar-refractivity contribution is 7.89. The lowest BCUT2D eigenvalue weighted by molar-refractivity contribution is -0.00254. The van der Waals surface area contributed by atoms with Crippen LogP contribution in [-0.4, -0.2) is 49.1 Å². The van der Waals surface area contributed by atoms with Gasteiger partial charge in [0, 0.05) is 26.3 Å². The molecule has 1 saturated heterocycles. The van der Waals surface area contributed by atoms with Crippen LogP contribution in [0.15, 0.2) is 47.6 Å². The summed E-state index contributed by atoms with van der Waals surface area (Å²) in [5.41, 5.74) is 0.953. The van der Waals surface area contributed by atoms with Gasteiger partial charge in [0.15, 0.2) is 5.03 Å². The smallest absolute Gasteiger partial charge is 0.262 e. The molecule has 0 amide bonds. The third-order valence-corrected chi connectivity index (χ3v) is 6.90. The summed E-state index contributed by atoms with van der Waals surface area (Å²) in [5, 5.41) is 2.20. The van der Waals surface area contributed by atoms with E-state index >= 15 is 0 Å². The summed E-state index contributed by atoms with van der Waals surface area (Å²) in [6, 6.07) is 11.9. The SMILES string of the molecule is COc1ccc2cc([C@@H]3CN(S(=O)(=O)c4cn(C)c(C)n4)CCO3)ccc2c1. The summed E-state index contributed by atoms with van der Waals surface area (Å²) < 4.78 is 40.3. The van der Waals surface area contributed by atoms with Crippen molar-refractivity contribution in [2.45, 2.75) is 18.1 Å². The first-order valence-electron chi connectivity index (χ1n) is 9.08. The Hall–Kier alpha value is -2.42. The van der Waals surface area contributed by atoms with Crippen molar-refractivity contribution in [1.82, 2.24) is 13.9 Å². The highest BCUT2D eigenvalue weighted by atomic mass is 32.2. The lowest BCUT2D eigenvalue weighted by atomic mass is 10.0. The molecule has 1 aliphatic rings. The fourth-order valence-corrected chi connectivity index (χ4v) is 4.85. The van der Waals surface area contributed by atoms with E-state index < -0.39 is 10.0 Å². The van der Waals surface area contributed by atoms with E-state index in [0.717, 1.165) is 22.1 Å². The Morgan fingerprint density at radius 3 is 2.64 bits per heavy atom. The normalized spacial score (nSPS) is 18.5.